The summed E-state index contributed by atoms with van der Waals surface area (Å²) in [5.74, 6) is 0.924. The van der Waals surface area contributed by atoms with Crippen LogP contribution in [0.25, 0.3) is 0 Å². The lowest BCUT2D eigenvalue weighted by Crippen LogP contribution is -2.26. The zero-order valence-electron chi connectivity index (χ0n) is 17.4. The molecule has 0 saturated carbocycles. The fraction of sp³-hybridized carbons (Fsp3) is 0.391. The van der Waals surface area contributed by atoms with Crippen LogP contribution in [-0.2, 0) is 4.79 Å². The van der Waals surface area contributed by atoms with Gasteiger partial charge in [0.2, 0.25) is 5.91 Å². The molecule has 2 N–H and O–H groups in total. The molecule has 0 unspecified atom stereocenters. The van der Waals surface area contributed by atoms with E-state index < -0.39 is 0 Å². The van der Waals surface area contributed by atoms with Gasteiger partial charge < -0.3 is 20.1 Å². The number of rotatable bonds is 11. The Morgan fingerprint density at radius 3 is 2.55 bits per heavy atom. The van der Waals surface area contributed by atoms with E-state index in [0.717, 1.165) is 12.0 Å². The number of benzene rings is 2. The summed E-state index contributed by atoms with van der Waals surface area (Å²) < 4.78 is 11.2. The Kier molecular flexibility index (Phi) is 9.02. The second kappa shape index (κ2) is 11.7. The summed E-state index contributed by atoms with van der Waals surface area (Å²) in [6.45, 7) is 7.39. The number of carbonyl (C=O) groups excluding carboxylic acids is 2. The summed E-state index contributed by atoms with van der Waals surface area (Å²) in [6.07, 6.45) is 1.73. The van der Waals surface area contributed by atoms with E-state index in [1.807, 2.05) is 45.0 Å². The predicted molar refractivity (Wildman–Crippen MR) is 115 cm³/mol. The molecule has 0 aliphatic heterocycles. The van der Waals surface area contributed by atoms with Gasteiger partial charge in [-0.2, -0.15) is 0 Å². The third-order valence-electron chi connectivity index (χ3n) is 4.17. The van der Waals surface area contributed by atoms with Gasteiger partial charge in [-0.15, -0.1) is 0 Å². The molecule has 0 aliphatic carbocycles. The number of hydrogen-bond acceptors (Lipinski definition) is 4. The van der Waals surface area contributed by atoms with Crippen LogP contribution in [0.3, 0.4) is 0 Å². The lowest BCUT2D eigenvalue weighted by molar-refractivity contribution is -0.116. The van der Waals surface area contributed by atoms with Crippen molar-refractivity contribution in [2.45, 2.75) is 40.0 Å². The number of para-hydroxylation sites is 1. The Morgan fingerprint density at radius 2 is 1.79 bits per heavy atom. The summed E-state index contributed by atoms with van der Waals surface area (Å²) in [5.41, 5.74) is 2.24. The van der Waals surface area contributed by atoms with Gasteiger partial charge in [0.15, 0.2) is 0 Å². The average molecular weight is 399 g/mol. The molecular weight excluding hydrogens is 368 g/mol. The lowest BCUT2D eigenvalue weighted by atomic mass is 10.2. The zero-order valence-corrected chi connectivity index (χ0v) is 17.4. The van der Waals surface area contributed by atoms with Crippen LogP contribution in [-0.4, -0.2) is 31.6 Å². The molecular formula is C23H30N2O4. The van der Waals surface area contributed by atoms with E-state index in [0.29, 0.717) is 55.4 Å². The molecule has 6 heteroatoms. The fourth-order valence-corrected chi connectivity index (χ4v) is 2.76. The van der Waals surface area contributed by atoms with Gasteiger partial charge in [0.1, 0.15) is 11.5 Å². The first-order chi connectivity index (χ1) is 14.0. The number of amides is 2. The van der Waals surface area contributed by atoms with Crippen molar-refractivity contribution in [3.8, 4) is 11.5 Å². The molecule has 0 aromatic heterocycles. The first-order valence-electron chi connectivity index (χ1n) is 10.1. The van der Waals surface area contributed by atoms with Crippen LogP contribution in [0.4, 0.5) is 5.69 Å². The van der Waals surface area contributed by atoms with Gasteiger partial charge in [-0.05, 0) is 56.5 Å². The molecule has 0 aliphatic rings. The van der Waals surface area contributed by atoms with Crippen molar-refractivity contribution in [3.05, 3.63) is 53.6 Å². The van der Waals surface area contributed by atoms with Crippen molar-refractivity contribution >= 4 is 17.5 Å². The van der Waals surface area contributed by atoms with Crippen LogP contribution in [0.1, 0.15) is 49.0 Å². The normalized spacial score (nSPS) is 10.3. The first-order valence-corrected chi connectivity index (χ1v) is 10.1. The van der Waals surface area contributed by atoms with Gasteiger partial charge in [0.05, 0.1) is 24.5 Å². The number of carbonyl (C=O) groups is 2. The SMILES string of the molecule is CCCOc1cc(C)ccc1NC(=O)CCCNC(=O)c1ccccc1OCC. The van der Waals surface area contributed by atoms with Gasteiger partial charge in [-0.25, -0.2) is 0 Å². The van der Waals surface area contributed by atoms with Gasteiger partial charge in [0.25, 0.3) is 5.91 Å². The van der Waals surface area contributed by atoms with E-state index in [9.17, 15) is 9.59 Å². The first kappa shape index (κ1) is 22.3. The topological polar surface area (TPSA) is 76.7 Å². The van der Waals surface area contributed by atoms with Crippen molar-refractivity contribution in [2.24, 2.45) is 0 Å². The molecule has 0 fully saturated rings. The Morgan fingerprint density at radius 1 is 1.00 bits per heavy atom. The van der Waals surface area contributed by atoms with Crippen LogP contribution in [0.5, 0.6) is 11.5 Å². The van der Waals surface area contributed by atoms with E-state index in [1.54, 1.807) is 18.2 Å². The lowest BCUT2D eigenvalue weighted by Gasteiger charge is -2.13. The molecule has 2 aromatic rings. The summed E-state index contributed by atoms with van der Waals surface area (Å²) in [6, 6.07) is 12.8. The summed E-state index contributed by atoms with van der Waals surface area (Å²) in [7, 11) is 0. The monoisotopic (exact) mass is 398 g/mol. The van der Waals surface area contributed by atoms with Crippen molar-refractivity contribution < 1.29 is 19.1 Å². The Bertz CT molecular complexity index is 820. The van der Waals surface area contributed by atoms with E-state index in [-0.39, 0.29) is 11.8 Å². The zero-order chi connectivity index (χ0) is 21.1. The standard InChI is InChI=1S/C23H30N2O4/c1-4-15-29-21-16-17(3)12-13-19(21)25-22(26)11-8-14-24-23(27)18-9-6-7-10-20(18)28-5-2/h6-7,9-10,12-13,16H,4-5,8,11,14-15H2,1-3H3,(H,24,27)(H,25,26). The second-order valence-corrected chi connectivity index (χ2v) is 6.68. The summed E-state index contributed by atoms with van der Waals surface area (Å²) in [5, 5.41) is 5.74. The molecule has 156 valence electrons. The predicted octanol–water partition coefficient (Wildman–Crippen LogP) is 4.33. The molecule has 2 aromatic carbocycles. The molecule has 0 radical (unpaired) electrons. The highest BCUT2D eigenvalue weighted by molar-refractivity contribution is 5.97. The number of hydrogen-bond donors (Lipinski definition) is 2. The van der Waals surface area contributed by atoms with Gasteiger partial charge in [-0.3, -0.25) is 9.59 Å². The van der Waals surface area contributed by atoms with Gasteiger partial charge in [-0.1, -0.05) is 25.1 Å². The van der Waals surface area contributed by atoms with Crippen molar-refractivity contribution in [1.82, 2.24) is 5.32 Å². The third-order valence-corrected chi connectivity index (χ3v) is 4.17. The van der Waals surface area contributed by atoms with Gasteiger partial charge >= 0.3 is 0 Å². The largest absolute Gasteiger partial charge is 0.493 e. The van der Waals surface area contributed by atoms with Gasteiger partial charge in [0, 0.05) is 13.0 Å². The van der Waals surface area contributed by atoms with Crippen LogP contribution in [0, 0.1) is 6.92 Å². The number of nitrogens with one attached hydrogen (secondary N) is 2. The Hall–Kier alpha value is -3.02. The molecule has 29 heavy (non-hydrogen) atoms. The maximum Gasteiger partial charge on any atom is 0.255 e. The van der Waals surface area contributed by atoms with Crippen LogP contribution < -0.4 is 20.1 Å². The molecule has 0 spiro atoms. The molecule has 0 bridgehead atoms. The highest BCUT2D eigenvalue weighted by Crippen LogP contribution is 2.26. The highest BCUT2D eigenvalue weighted by atomic mass is 16.5. The van der Waals surface area contributed by atoms with E-state index in [4.69, 9.17) is 9.47 Å². The minimum absolute atomic E-state index is 0.112. The van der Waals surface area contributed by atoms with Crippen molar-refractivity contribution in [3.63, 3.8) is 0 Å². The average Bonchev–Trinajstić information content (AvgIpc) is 2.72. The number of ether oxygens (including phenoxy) is 2. The maximum absolute atomic E-state index is 12.3. The summed E-state index contributed by atoms with van der Waals surface area (Å²) in [4.78, 5) is 24.6. The number of anilines is 1. The van der Waals surface area contributed by atoms with Crippen molar-refractivity contribution in [2.75, 3.05) is 25.1 Å². The minimum atomic E-state index is -0.205. The molecule has 0 heterocycles. The van der Waals surface area contributed by atoms with E-state index in [1.165, 1.54) is 0 Å². The van der Waals surface area contributed by atoms with Crippen LogP contribution in [0.2, 0.25) is 0 Å². The third kappa shape index (κ3) is 7.14. The second-order valence-electron chi connectivity index (χ2n) is 6.68. The molecule has 0 atom stereocenters. The number of aryl methyl sites for hydroxylation is 1. The molecule has 2 amide bonds. The summed E-state index contributed by atoms with van der Waals surface area (Å²) >= 11 is 0. The smallest absolute Gasteiger partial charge is 0.255 e. The Balaban J connectivity index is 1.81. The quantitative estimate of drug-likeness (QED) is 0.552. The fourth-order valence-electron chi connectivity index (χ4n) is 2.76. The molecule has 0 saturated heterocycles. The molecule has 2 rings (SSSR count). The minimum Gasteiger partial charge on any atom is -0.493 e. The highest BCUT2D eigenvalue weighted by Gasteiger charge is 2.12. The van der Waals surface area contributed by atoms with E-state index >= 15 is 0 Å². The van der Waals surface area contributed by atoms with Crippen LogP contribution in [0.15, 0.2) is 42.5 Å². The van der Waals surface area contributed by atoms with E-state index in [2.05, 4.69) is 10.6 Å². The van der Waals surface area contributed by atoms with Crippen molar-refractivity contribution in [1.29, 1.82) is 0 Å². The maximum atomic E-state index is 12.3. The van der Waals surface area contributed by atoms with Crippen LogP contribution >= 0.6 is 0 Å². The Labute approximate surface area is 172 Å². The molecule has 6 nitrogen and oxygen atoms in total.